The number of benzene rings is 1. The summed E-state index contributed by atoms with van der Waals surface area (Å²) in [6.07, 6.45) is 3.46. The number of ether oxygens (including phenoxy) is 1. The van der Waals surface area contributed by atoms with Crippen LogP contribution in [0.5, 0.6) is 5.75 Å². The molecule has 0 spiro atoms. The van der Waals surface area contributed by atoms with Crippen LogP contribution in [0.15, 0.2) is 18.2 Å². The average Bonchev–Trinajstić information content (AvgIpc) is 3.28. The highest BCUT2D eigenvalue weighted by Crippen LogP contribution is 2.32. The summed E-state index contributed by atoms with van der Waals surface area (Å²) in [5.74, 6) is -0.920. The standard InChI is InChI=1S/C15H17F2NO2/c16-13-4-3-12(9-14(13)17)20-11-5-7-18(8-6-11)15(19)10-1-2-10/h3-4,9-11H,1-2,5-8H2. The number of rotatable bonds is 3. The Morgan fingerprint density at radius 1 is 1.10 bits per heavy atom. The summed E-state index contributed by atoms with van der Waals surface area (Å²) in [5.41, 5.74) is 0. The van der Waals surface area contributed by atoms with Crippen LogP contribution in [0.1, 0.15) is 25.7 Å². The number of amides is 1. The highest BCUT2D eigenvalue weighted by molar-refractivity contribution is 5.81. The van der Waals surface area contributed by atoms with E-state index >= 15 is 0 Å². The van der Waals surface area contributed by atoms with E-state index in [9.17, 15) is 13.6 Å². The molecule has 20 heavy (non-hydrogen) atoms. The smallest absolute Gasteiger partial charge is 0.225 e. The van der Waals surface area contributed by atoms with E-state index in [0.29, 0.717) is 18.8 Å². The van der Waals surface area contributed by atoms with Crippen LogP contribution in [-0.2, 0) is 4.79 Å². The van der Waals surface area contributed by atoms with Crippen molar-refractivity contribution in [3.05, 3.63) is 29.8 Å². The maximum atomic E-state index is 13.1. The molecule has 1 aromatic carbocycles. The first-order chi connectivity index (χ1) is 9.63. The fraction of sp³-hybridized carbons (Fsp3) is 0.533. The third-order valence-corrected chi connectivity index (χ3v) is 3.87. The molecular weight excluding hydrogens is 264 g/mol. The first-order valence-electron chi connectivity index (χ1n) is 7.04. The minimum atomic E-state index is -0.899. The minimum absolute atomic E-state index is 0.0388. The lowest BCUT2D eigenvalue weighted by Crippen LogP contribution is -2.42. The summed E-state index contributed by atoms with van der Waals surface area (Å²) in [6.45, 7) is 1.37. The van der Waals surface area contributed by atoms with Gasteiger partial charge in [0.1, 0.15) is 11.9 Å². The average molecular weight is 281 g/mol. The van der Waals surface area contributed by atoms with Crippen LogP contribution in [0.3, 0.4) is 0 Å². The normalized spacial score (nSPS) is 20.0. The van der Waals surface area contributed by atoms with Gasteiger partial charge in [0.05, 0.1) is 0 Å². The second-order valence-corrected chi connectivity index (χ2v) is 5.49. The van der Waals surface area contributed by atoms with Crippen molar-refractivity contribution in [1.29, 1.82) is 0 Å². The van der Waals surface area contributed by atoms with Crippen molar-refractivity contribution in [3.8, 4) is 5.75 Å². The Hall–Kier alpha value is -1.65. The fourth-order valence-corrected chi connectivity index (χ4v) is 2.53. The molecule has 3 rings (SSSR count). The lowest BCUT2D eigenvalue weighted by molar-refractivity contribution is -0.134. The monoisotopic (exact) mass is 281 g/mol. The van der Waals surface area contributed by atoms with Crippen LogP contribution in [-0.4, -0.2) is 30.0 Å². The highest BCUT2D eigenvalue weighted by atomic mass is 19.2. The van der Waals surface area contributed by atoms with Crippen LogP contribution >= 0.6 is 0 Å². The largest absolute Gasteiger partial charge is 0.490 e. The molecule has 3 nitrogen and oxygen atoms in total. The van der Waals surface area contributed by atoms with Crippen LogP contribution in [0.2, 0.25) is 0 Å². The van der Waals surface area contributed by atoms with Gasteiger partial charge in [0, 0.05) is 37.9 Å². The number of carbonyl (C=O) groups excluding carboxylic acids is 1. The van der Waals surface area contributed by atoms with Gasteiger partial charge in [0.15, 0.2) is 11.6 Å². The zero-order valence-corrected chi connectivity index (χ0v) is 11.1. The van der Waals surface area contributed by atoms with E-state index in [1.807, 2.05) is 4.90 Å². The predicted octanol–water partition coefficient (Wildman–Crippen LogP) is 2.74. The molecule has 1 saturated heterocycles. The molecule has 2 aliphatic rings. The molecule has 1 amide bonds. The SMILES string of the molecule is O=C(C1CC1)N1CCC(Oc2ccc(F)c(F)c2)CC1. The first-order valence-corrected chi connectivity index (χ1v) is 7.04. The summed E-state index contributed by atoms with van der Waals surface area (Å²) >= 11 is 0. The number of nitrogens with zero attached hydrogens (tertiary/aromatic N) is 1. The zero-order valence-electron chi connectivity index (χ0n) is 11.1. The van der Waals surface area contributed by atoms with Crippen LogP contribution in [0, 0.1) is 17.6 Å². The first kappa shape index (κ1) is 13.3. The number of piperidine rings is 1. The lowest BCUT2D eigenvalue weighted by atomic mass is 10.1. The van der Waals surface area contributed by atoms with Gasteiger partial charge in [-0.15, -0.1) is 0 Å². The third kappa shape index (κ3) is 2.92. The summed E-state index contributed by atoms with van der Waals surface area (Å²) in [4.78, 5) is 13.8. The van der Waals surface area contributed by atoms with Crippen LogP contribution in [0.25, 0.3) is 0 Å². The number of hydrogen-bond acceptors (Lipinski definition) is 2. The number of likely N-dealkylation sites (tertiary alicyclic amines) is 1. The summed E-state index contributed by atoms with van der Waals surface area (Å²) in [5, 5.41) is 0. The van der Waals surface area contributed by atoms with E-state index < -0.39 is 11.6 Å². The maximum absolute atomic E-state index is 13.1. The third-order valence-electron chi connectivity index (χ3n) is 3.87. The Labute approximate surface area is 116 Å². The van der Waals surface area contributed by atoms with Gasteiger partial charge in [-0.2, -0.15) is 0 Å². The Morgan fingerprint density at radius 2 is 1.80 bits per heavy atom. The van der Waals surface area contributed by atoms with Crippen molar-refractivity contribution in [2.24, 2.45) is 5.92 Å². The van der Waals surface area contributed by atoms with Crippen molar-refractivity contribution in [3.63, 3.8) is 0 Å². The van der Waals surface area contributed by atoms with E-state index in [1.54, 1.807) is 0 Å². The molecule has 1 aromatic rings. The summed E-state index contributed by atoms with van der Waals surface area (Å²) in [6, 6.07) is 3.56. The minimum Gasteiger partial charge on any atom is -0.490 e. The van der Waals surface area contributed by atoms with Gasteiger partial charge in [0.2, 0.25) is 5.91 Å². The molecule has 0 N–H and O–H groups in total. The van der Waals surface area contributed by atoms with Crippen molar-refractivity contribution in [1.82, 2.24) is 4.90 Å². The number of carbonyl (C=O) groups is 1. The molecule has 5 heteroatoms. The molecule has 0 radical (unpaired) electrons. The van der Waals surface area contributed by atoms with Gasteiger partial charge in [-0.3, -0.25) is 4.79 Å². The highest BCUT2D eigenvalue weighted by Gasteiger charge is 2.35. The molecule has 2 fully saturated rings. The Bertz CT molecular complexity index is 509. The molecule has 108 valence electrons. The van der Waals surface area contributed by atoms with E-state index in [1.165, 1.54) is 6.07 Å². The Morgan fingerprint density at radius 3 is 2.40 bits per heavy atom. The van der Waals surface area contributed by atoms with Crippen molar-refractivity contribution in [2.45, 2.75) is 31.8 Å². The molecule has 1 aliphatic carbocycles. The Kier molecular flexibility index (Phi) is 3.59. The van der Waals surface area contributed by atoms with E-state index in [-0.39, 0.29) is 17.9 Å². The second-order valence-electron chi connectivity index (χ2n) is 5.49. The Balaban J connectivity index is 1.52. The van der Waals surface area contributed by atoms with E-state index in [2.05, 4.69) is 0 Å². The molecule has 0 aromatic heterocycles. The van der Waals surface area contributed by atoms with Gasteiger partial charge >= 0.3 is 0 Å². The van der Waals surface area contributed by atoms with Gasteiger partial charge in [-0.05, 0) is 25.0 Å². The van der Waals surface area contributed by atoms with E-state index in [0.717, 1.165) is 37.8 Å². The van der Waals surface area contributed by atoms with Crippen molar-refractivity contribution < 1.29 is 18.3 Å². The summed E-state index contributed by atoms with van der Waals surface area (Å²) in [7, 11) is 0. The second kappa shape index (κ2) is 5.38. The lowest BCUT2D eigenvalue weighted by Gasteiger charge is -2.32. The predicted molar refractivity (Wildman–Crippen MR) is 69.3 cm³/mol. The molecule has 1 aliphatic heterocycles. The van der Waals surface area contributed by atoms with Gasteiger partial charge < -0.3 is 9.64 Å². The molecule has 0 bridgehead atoms. The van der Waals surface area contributed by atoms with Gasteiger partial charge in [0.25, 0.3) is 0 Å². The van der Waals surface area contributed by atoms with Crippen molar-refractivity contribution in [2.75, 3.05) is 13.1 Å². The molecular formula is C15H17F2NO2. The number of halogens is 2. The van der Waals surface area contributed by atoms with Gasteiger partial charge in [-0.25, -0.2) is 8.78 Å². The van der Waals surface area contributed by atoms with Crippen LogP contribution < -0.4 is 4.74 Å². The summed E-state index contributed by atoms with van der Waals surface area (Å²) < 4.78 is 31.6. The molecule has 0 atom stereocenters. The van der Waals surface area contributed by atoms with Crippen LogP contribution in [0.4, 0.5) is 8.78 Å². The molecule has 0 unspecified atom stereocenters. The van der Waals surface area contributed by atoms with E-state index in [4.69, 9.17) is 4.74 Å². The zero-order chi connectivity index (χ0) is 14.1. The quantitative estimate of drug-likeness (QED) is 0.852. The molecule has 1 saturated carbocycles. The molecule has 1 heterocycles. The van der Waals surface area contributed by atoms with Gasteiger partial charge in [-0.1, -0.05) is 0 Å². The van der Waals surface area contributed by atoms with Crippen molar-refractivity contribution >= 4 is 5.91 Å². The maximum Gasteiger partial charge on any atom is 0.225 e. The topological polar surface area (TPSA) is 29.5 Å². The fourth-order valence-electron chi connectivity index (χ4n) is 2.53. The number of hydrogen-bond donors (Lipinski definition) is 0.